The van der Waals surface area contributed by atoms with Crippen molar-refractivity contribution in [2.24, 2.45) is 10.4 Å². The molecule has 184 valence electrons. The molecule has 4 fully saturated rings. The van der Waals surface area contributed by atoms with Crippen molar-refractivity contribution in [3.05, 3.63) is 36.2 Å². The Morgan fingerprint density at radius 3 is 2.37 bits per heavy atom. The molecule has 8 nitrogen and oxygen atoms in total. The van der Waals surface area contributed by atoms with Crippen LogP contribution in [0.15, 0.2) is 35.6 Å². The summed E-state index contributed by atoms with van der Waals surface area (Å²) in [6.45, 7) is 8.80. The summed E-state index contributed by atoms with van der Waals surface area (Å²) in [5.41, 5.74) is 2.03. The Labute approximate surface area is 207 Å². The molecule has 1 aromatic heterocycles. The van der Waals surface area contributed by atoms with Gasteiger partial charge in [-0.1, -0.05) is 25.5 Å². The van der Waals surface area contributed by atoms with Gasteiger partial charge in [0.2, 0.25) is 5.91 Å². The molecule has 0 aromatic carbocycles. The summed E-state index contributed by atoms with van der Waals surface area (Å²) in [6, 6.07) is 2.69. The Hall–Kier alpha value is -3.21. The van der Waals surface area contributed by atoms with Crippen molar-refractivity contribution in [1.29, 1.82) is 5.26 Å². The number of hydrogen-bond donors (Lipinski definition) is 1. The zero-order valence-electron chi connectivity index (χ0n) is 20.9. The quantitative estimate of drug-likeness (QED) is 0.311. The molecule has 1 amide bonds. The largest absolute Gasteiger partial charge is 0.356 e. The van der Waals surface area contributed by atoms with E-state index >= 15 is 0 Å². The summed E-state index contributed by atoms with van der Waals surface area (Å²) in [6.07, 6.45) is 14.4. The fourth-order valence-electron chi connectivity index (χ4n) is 6.09. The molecule has 1 atom stereocenters. The summed E-state index contributed by atoms with van der Waals surface area (Å²) in [7, 11) is 1.76. The predicted molar refractivity (Wildman–Crippen MR) is 137 cm³/mol. The first-order chi connectivity index (χ1) is 17.0. The van der Waals surface area contributed by atoms with E-state index in [1.807, 2.05) is 0 Å². The van der Waals surface area contributed by atoms with Crippen LogP contribution in [-0.4, -0.2) is 54.4 Å². The number of carbonyl (C=O) groups is 1. The molecule has 35 heavy (non-hydrogen) atoms. The van der Waals surface area contributed by atoms with E-state index < -0.39 is 0 Å². The van der Waals surface area contributed by atoms with Gasteiger partial charge >= 0.3 is 0 Å². The van der Waals surface area contributed by atoms with Crippen molar-refractivity contribution in [1.82, 2.24) is 15.3 Å². The number of amidine groups is 1. The number of allylic oxidation sites excluding steroid dienone is 2. The number of anilines is 2. The molecular formula is C27H35N7O. The monoisotopic (exact) mass is 473 g/mol. The van der Waals surface area contributed by atoms with E-state index in [0.717, 1.165) is 69.2 Å². The van der Waals surface area contributed by atoms with Gasteiger partial charge in [-0.2, -0.15) is 5.26 Å². The standard InChI is InChI=1S/C20H24N6.C7H11NO/c1-4-15(11-21)10-16(22-3)26-12-20(7-5-8-20)17-18(23-13-24-19(17)26)25-9-6-14(25)2;9-6-7(2-1-3-7)4-5-8-6/h4,10,13-14H,1,5-9,12H2,2-3H3;1-5H2,(H,8,9)/b15-10+,22-16?;/t14-;/m1./s1. The van der Waals surface area contributed by atoms with Crippen molar-refractivity contribution in [2.75, 3.05) is 36.5 Å². The molecule has 0 unspecified atom stereocenters. The second kappa shape index (κ2) is 9.10. The topological polar surface area (TPSA) is 97.5 Å². The molecule has 2 aliphatic carbocycles. The van der Waals surface area contributed by atoms with E-state index in [1.165, 1.54) is 24.8 Å². The second-order valence-corrected chi connectivity index (χ2v) is 10.6. The lowest BCUT2D eigenvalue weighted by Crippen LogP contribution is -2.48. The SMILES string of the molecule is C=C/C(C#N)=C\C(=NC)N1CC2(CCC2)c2c1ncnc2N1CC[C@H]1C.O=C1NCCC12CCC2. The first-order valence-corrected chi connectivity index (χ1v) is 12.9. The number of nitriles is 1. The van der Waals surface area contributed by atoms with Gasteiger partial charge in [-0.3, -0.25) is 9.79 Å². The van der Waals surface area contributed by atoms with Gasteiger partial charge in [0, 0.05) is 43.7 Å². The Bertz CT molecular complexity index is 1120. The Morgan fingerprint density at radius 2 is 1.94 bits per heavy atom. The molecule has 0 bridgehead atoms. The predicted octanol–water partition coefficient (Wildman–Crippen LogP) is 3.66. The Kier molecular flexibility index (Phi) is 6.12. The lowest BCUT2D eigenvalue weighted by molar-refractivity contribution is -0.131. The molecule has 3 aliphatic heterocycles. The third-order valence-electron chi connectivity index (χ3n) is 8.78. The maximum Gasteiger partial charge on any atom is 0.226 e. The van der Waals surface area contributed by atoms with Crippen molar-refractivity contribution < 1.29 is 4.79 Å². The van der Waals surface area contributed by atoms with Crippen molar-refractivity contribution in [3.63, 3.8) is 0 Å². The van der Waals surface area contributed by atoms with Crippen molar-refractivity contribution in [2.45, 2.75) is 69.7 Å². The van der Waals surface area contributed by atoms with Crippen LogP contribution >= 0.6 is 0 Å². The van der Waals surface area contributed by atoms with E-state index in [4.69, 9.17) is 0 Å². The number of nitrogens with one attached hydrogen (secondary N) is 1. The summed E-state index contributed by atoms with van der Waals surface area (Å²) < 4.78 is 0. The van der Waals surface area contributed by atoms with Crippen LogP contribution in [0, 0.1) is 16.7 Å². The highest BCUT2D eigenvalue weighted by atomic mass is 16.2. The number of amides is 1. The summed E-state index contributed by atoms with van der Waals surface area (Å²) in [5, 5.41) is 12.1. The minimum absolute atomic E-state index is 0.117. The number of aliphatic imine (C=N–C) groups is 1. The van der Waals surface area contributed by atoms with Gasteiger partial charge in [0.25, 0.3) is 0 Å². The van der Waals surface area contributed by atoms with Gasteiger partial charge in [0.1, 0.15) is 23.8 Å². The fourth-order valence-corrected chi connectivity index (χ4v) is 6.09. The van der Waals surface area contributed by atoms with Crippen molar-refractivity contribution >= 4 is 23.4 Å². The van der Waals surface area contributed by atoms with Crippen LogP contribution < -0.4 is 15.1 Å². The zero-order valence-corrected chi connectivity index (χ0v) is 20.9. The van der Waals surface area contributed by atoms with E-state index in [0.29, 0.717) is 17.5 Å². The summed E-state index contributed by atoms with van der Waals surface area (Å²) in [4.78, 5) is 29.4. The van der Waals surface area contributed by atoms with Gasteiger partial charge in [-0.25, -0.2) is 9.97 Å². The summed E-state index contributed by atoms with van der Waals surface area (Å²) in [5.74, 6) is 3.12. The number of hydrogen-bond acceptors (Lipinski definition) is 6. The zero-order chi connectivity index (χ0) is 24.6. The van der Waals surface area contributed by atoms with Gasteiger partial charge in [-0.05, 0) is 51.5 Å². The molecule has 1 N–H and O–H groups in total. The van der Waals surface area contributed by atoms with Crippen LogP contribution in [-0.2, 0) is 10.2 Å². The van der Waals surface area contributed by atoms with Crippen LogP contribution in [0.1, 0.15) is 63.9 Å². The minimum atomic E-state index is 0.117. The first kappa shape index (κ1) is 23.5. The van der Waals surface area contributed by atoms with Gasteiger partial charge in [-0.15, -0.1) is 0 Å². The highest BCUT2D eigenvalue weighted by Gasteiger charge is 2.52. The van der Waals surface area contributed by atoms with Crippen LogP contribution in [0.2, 0.25) is 0 Å². The number of nitrogens with zero attached hydrogens (tertiary/aromatic N) is 6. The minimum Gasteiger partial charge on any atom is -0.356 e. The third kappa shape index (κ3) is 3.81. The smallest absolute Gasteiger partial charge is 0.226 e. The normalized spacial score (nSPS) is 25.5. The highest BCUT2D eigenvalue weighted by Crippen LogP contribution is 2.55. The molecule has 5 aliphatic rings. The van der Waals surface area contributed by atoms with Crippen molar-refractivity contribution in [3.8, 4) is 6.07 Å². The number of carbonyl (C=O) groups excluding carboxylic acids is 1. The van der Waals surface area contributed by atoms with Crippen LogP contribution in [0.4, 0.5) is 11.6 Å². The molecule has 2 spiro atoms. The van der Waals surface area contributed by atoms with Gasteiger partial charge < -0.3 is 15.1 Å². The maximum atomic E-state index is 11.1. The van der Waals surface area contributed by atoms with Crippen LogP contribution in [0.5, 0.6) is 0 Å². The number of aromatic nitrogens is 2. The molecule has 6 rings (SSSR count). The lowest BCUT2D eigenvalue weighted by atomic mass is 9.66. The lowest BCUT2D eigenvalue weighted by Gasteiger charge is -2.44. The van der Waals surface area contributed by atoms with Crippen LogP contribution in [0.25, 0.3) is 0 Å². The second-order valence-electron chi connectivity index (χ2n) is 10.6. The van der Waals surface area contributed by atoms with Gasteiger partial charge in [0.15, 0.2) is 0 Å². The Balaban J connectivity index is 0.000000234. The fraction of sp³-hybridized carbons (Fsp3) is 0.593. The number of fused-ring (bicyclic) bond motifs is 2. The molecule has 2 saturated heterocycles. The van der Waals surface area contributed by atoms with Crippen LogP contribution in [0.3, 0.4) is 0 Å². The molecule has 1 aromatic rings. The maximum absolute atomic E-state index is 11.1. The van der Waals surface area contributed by atoms with E-state index in [-0.39, 0.29) is 10.8 Å². The molecule has 4 heterocycles. The Morgan fingerprint density at radius 1 is 1.23 bits per heavy atom. The highest BCUT2D eigenvalue weighted by molar-refractivity contribution is 6.08. The van der Waals surface area contributed by atoms with E-state index in [2.05, 4.69) is 49.6 Å². The van der Waals surface area contributed by atoms with E-state index in [1.54, 1.807) is 25.5 Å². The first-order valence-electron chi connectivity index (χ1n) is 12.9. The number of rotatable bonds is 3. The summed E-state index contributed by atoms with van der Waals surface area (Å²) >= 11 is 0. The average molecular weight is 474 g/mol. The molecule has 0 radical (unpaired) electrons. The van der Waals surface area contributed by atoms with E-state index in [9.17, 15) is 10.1 Å². The molecule has 2 saturated carbocycles. The molecule has 8 heteroatoms. The van der Waals surface area contributed by atoms with Gasteiger partial charge in [0.05, 0.1) is 17.1 Å². The molecular weight excluding hydrogens is 438 g/mol. The third-order valence-corrected chi connectivity index (χ3v) is 8.78. The average Bonchev–Trinajstić information content (AvgIpc) is 3.39.